The lowest BCUT2D eigenvalue weighted by atomic mass is 9.88. The van der Waals surface area contributed by atoms with Crippen LogP contribution in [0, 0.1) is 11.6 Å². The number of nitrogens with one attached hydrogen (secondary N) is 1. The molecule has 6 nitrogen and oxygen atoms in total. The van der Waals surface area contributed by atoms with E-state index in [0.717, 1.165) is 74.6 Å². The molecule has 31 heavy (non-hydrogen) atoms. The van der Waals surface area contributed by atoms with Crippen molar-refractivity contribution in [1.29, 1.82) is 0 Å². The molecule has 1 N–H and O–H groups in total. The Morgan fingerprint density at radius 2 is 1.94 bits per heavy atom. The topological polar surface area (TPSA) is 59.5 Å². The quantitative estimate of drug-likeness (QED) is 0.523. The van der Waals surface area contributed by atoms with E-state index in [1.165, 1.54) is 6.07 Å². The Morgan fingerprint density at radius 3 is 2.71 bits per heavy atom. The molecule has 0 saturated carbocycles. The third kappa shape index (κ3) is 4.80. The number of anilines is 1. The number of piperidine rings is 1. The van der Waals surface area contributed by atoms with Crippen molar-refractivity contribution in [3.05, 3.63) is 34.9 Å². The third-order valence-corrected chi connectivity index (χ3v) is 6.05. The number of aromatic nitrogens is 2. The van der Waals surface area contributed by atoms with Crippen LogP contribution < -0.4 is 10.1 Å². The summed E-state index contributed by atoms with van der Waals surface area (Å²) in [7, 11) is 2.13. The van der Waals surface area contributed by atoms with Gasteiger partial charge in [0.15, 0.2) is 24.2 Å². The number of likely N-dealkylation sites (tertiary alicyclic amines) is 1. The fourth-order valence-electron chi connectivity index (χ4n) is 4.50. The summed E-state index contributed by atoms with van der Waals surface area (Å²) in [5.41, 5.74) is 3.14. The Labute approximate surface area is 181 Å². The van der Waals surface area contributed by atoms with Crippen LogP contribution in [0.2, 0.25) is 0 Å². The summed E-state index contributed by atoms with van der Waals surface area (Å²) >= 11 is 0. The maximum atomic E-state index is 14.6. The summed E-state index contributed by atoms with van der Waals surface area (Å²) in [5, 5.41) is 12.6. The van der Waals surface area contributed by atoms with E-state index in [1.54, 1.807) is 0 Å². The minimum atomic E-state index is -1.03. The molecule has 0 radical (unpaired) electrons. The van der Waals surface area contributed by atoms with E-state index in [2.05, 4.69) is 27.5 Å². The van der Waals surface area contributed by atoms with Crippen molar-refractivity contribution in [3.8, 4) is 17.0 Å². The second-order valence-electron chi connectivity index (χ2n) is 8.30. The van der Waals surface area contributed by atoms with Crippen LogP contribution in [0.1, 0.15) is 43.7 Å². The van der Waals surface area contributed by atoms with Gasteiger partial charge in [0.05, 0.1) is 0 Å². The van der Waals surface area contributed by atoms with Crippen molar-refractivity contribution in [2.75, 3.05) is 38.9 Å². The van der Waals surface area contributed by atoms with Crippen LogP contribution in [0.25, 0.3) is 11.3 Å². The molecule has 1 unspecified atom stereocenters. The second-order valence-corrected chi connectivity index (χ2v) is 8.30. The molecule has 1 aromatic carbocycles. The van der Waals surface area contributed by atoms with E-state index in [0.29, 0.717) is 23.9 Å². The molecule has 1 atom stereocenters. The predicted octanol–water partition coefficient (Wildman–Crippen LogP) is 4.18. The largest absolute Gasteiger partial charge is 0.464 e. The number of benzene rings is 1. The molecule has 0 amide bonds. The number of nitrogens with zero attached hydrogens (tertiary/aromatic N) is 3. The Bertz CT molecular complexity index is 925. The first-order valence-corrected chi connectivity index (χ1v) is 11.1. The van der Waals surface area contributed by atoms with Gasteiger partial charge in [-0.15, -0.1) is 10.2 Å². The Hall–Kier alpha value is -2.32. The maximum absolute atomic E-state index is 14.6. The number of hydrogen-bond donors (Lipinski definition) is 1. The molecule has 2 heterocycles. The van der Waals surface area contributed by atoms with E-state index < -0.39 is 11.6 Å². The minimum Gasteiger partial charge on any atom is -0.464 e. The highest BCUT2D eigenvalue weighted by Gasteiger charge is 2.26. The van der Waals surface area contributed by atoms with Crippen LogP contribution in [0.5, 0.6) is 5.75 Å². The average Bonchev–Trinajstić information content (AvgIpc) is 2.77. The highest BCUT2D eigenvalue weighted by Crippen LogP contribution is 2.39. The van der Waals surface area contributed by atoms with Crippen molar-refractivity contribution in [1.82, 2.24) is 15.1 Å². The number of rotatable bonds is 7. The molecule has 1 aliphatic carbocycles. The van der Waals surface area contributed by atoms with Gasteiger partial charge in [-0.3, -0.25) is 0 Å². The van der Waals surface area contributed by atoms with Crippen molar-refractivity contribution in [2.24, 2.45) is 0 Å². The average molecular weight is 433 g/mol. The molecule has 1 aromatic heterocycles. The van der Waals surface area contributed by atoms with Crippen LogP contribution in [0.4, 0.5) is 14.6 Å². The molecule has 1 aliphatic heterocycles. The molecule has 4 rings (SSSR count). The van der Waals surface area contributed by atoms with Crippen LogP contribution >= 0.6 is 0 Å². The summed E-state index contributed by atoms with van der Waals surface area (Å²) in [4.78, 5) is 2.32. The van der Waals surface area contributed by atoms with Gasteiger partial charge in [-0.2, -0.15) is 4.39 Å². The fraction of sp³-hybridized carbons (Fsp3) is 0.565. The fourth-order valence-corrected chi connectivity index (χ4v) is 4.50. The summed E-state index contributed by atoms with van der Waals surface area (Å²) in [6.45, 7) is 4.15. The summed E-state index contributed by atoms with van der Waals surface area (Å²) in [5.74, 6) is -1.35. The third-order valence-electron chi connectivity index (χ3n) is 6.05. The van der Waals surface area contributed by atoms with Gasteiger partial charge in [-0.25, -0.2) is 4.39 Å². The summed E-state index contributed by atoms with van der Waals surface area (Å²) in [6, 6.07) is 2.96. The van der Waals surface area contributed by atoms with Crippen LogP contribution in [-0.4, -0.2) is 54.7 Å². The van der Waals surface area contributed by atoms with Gasteiger partial charge >= 0.3 is 0 Å². The zero-order chi connectivity index (χ0) is 21.8. The second kappa shape index (κ2) is 9.87. The van der Waals surface area contributed by atoms with Gasteiger partial charge < -0.3 is 19.7 Å². The van der Waals surface area contributed by atoms with Gasteiger partial charge in [0.25, 0.3) is 0 Å². The number of ether oxygens (including phenoxy) is 2. The standard InChI is InChI=1S/C23H30F2N4O2/c1-3-30-14-31-22-18(10-11-19(24)20(22)25)21-16-8-4-5-9-17(16)23(28-27-21)26-15-7-6-12-29(2)13-15/h10-11,15H,3-9,12-14H2,1-2H3,(H,26,28). The highest BCUT2D eigenvalue weighted by molar-refractivity contribution is 5.73. The SMILES string of the molecule is CCOCOc1c(-c2nnc(NC3CCCN(C)C3)c3c2CCCC3)ccc(F)c1F. The van der Waals surface area contributed by atoms with Crippen molar-refractivity contribution in [2.45, 2.75) is 51.5 Å². The van der Waals surface area contributed by atoms with Crippen molar-refractivity contribution >= 4 is 5.82 Å². The predicted molar refractivity (Wildman–Crippen MR) is 115 cm³/mol. The minimum absolute atomic E-state index is 0.158. The maximum Gasteiger partial charge on any atom is 0.201 e. The molecule has 0 bridgehead atoms. The van der Waals surface area contributed by atoms with Crippen molar-refractivity contribution < 1.29 is 18.3 Å². The highest BCUT2D eigenvalue weighted by atomic mass is 19.2. The zero-order valence-electron chi connectivity index (χ0n) is 18.2. The van der Waals surface area contributed by atoms with Gasteiger partial charge in [0.1, 0.15) is 5.69 Å². The Balaban J connectivity index is 1.70. The van der Waals surface area contributed by atoms with E-state index in [-0.39, 0.29) is 12.5 Å². The van der Waals surface area contributed by atoms with Crippen LogP contribution in [0.3, 0.4) is 0 Å². The Morgan fingerprint density at radius 1 is 1.13 bits per heavy atom. The lowest BCUT2D eigenvalue weighted by Crippen LogP contribution is -2.40. The van der Waals surface area contributed by atoms with E-state index in [4.69, 9.17) is 9.47 Å². The molecular formula is C23H30F2N4O2. The number of halogens is 2. The zero-order valence-corrected chi connectivity index (χ0v) is 18.2. The molecule has 0 spiro atoms. The van der Waals surface area contributed by atoms with E-state index in [1.807, 2.05) is 6.92 Å². The molecule has 2 aromatic rings. The molecule has 1 saturated heterocycles. The van der Waals surface area contributed by atoms with Crippen LogP contribution in [0.15, 0.2) is 12.1 Å². The number of hydrogen-bond acceptors (Lipinski definition) is 6. The van der Waals surface area contributed by atoms with Crippen molar-refractivity contribution in [3.63, 3.8) is 0 Å². The molecule has 1 fully saturated rings. The van der Waals surface area contributed by atoms with Gasteiger partial charge in [-0.1, -0.05) is 0 Å². The Kier molecular flexibility index (Phi) is 6.97. The smallest absolute Gasteiger partial charge is 0.201 e. The molecule has 8 heteroatoms. The first-order chi connectivity index (χ1) is 15.1. The van der Waals surface area contributed by atoms with E-state index in [9.17, 15) is 8.78 Å². The monoisotopic (exact) mass is 432 g/mol. The van der Waals surface area contributed by atoms with E-state index >= 15 is 0 Å². The summed E-state index contributed by atoms with van der Waals surface area (Å²) in [6.07, 6.45) is 6.06. The van der Waals surface area contributed by atoms with Gasteiger partial charge in [-0.05, 0) is 76.7 Å². The number of fused-ring (bicyclic) bond motifs is 1. The molecule has 168 valence electrons. The number of likely N-dealkylation sites (N-methyl/N-ethyl adjacent to an activating group) is 1. The summed E-state index contributed by atoms with van der Waals surface area (Å²) < 4.78 is 39.2. The lowest BCUT2D eigenvalue weighted by Gasteiger charge is -2.31. The normalized spacial score (nSPS) is 19.2. The molecule has 2 aliphatic rings. The van der Waals surface area contributed by atoms with Crippen LogP contribution in [-0.2, 0) is 17.6 Å². The molecular weight excluding hydrogens is 402 g/mol. The first kappa shape index (κ1) is 21.9. The lowest BCUT2D eigenvalue weighted by molar-refractivity contribution is 0.0201. The first-order valence-electron chi connectivity index (χ1n) is 11.1. The van der Waals surface area contributed by atoms with Gasteiger partial charge in [0, 0.05) is 30.3 Å². The van der Waals surface area contributed by atoms with Gasteiger partial charge in [0.2, 0.25) is 5.82 Å².